The van der Waals surface area contributed by atoms with Gasteiger partial charge in [0.05, 0.1) is 5.92 Å². The summed E-state index contributed by atoms with van der Waals surface area (Å²) in [6.07, 6.45) is 2.77. The molecule has 0 saturated heterocycles. The summed E-state index contributed by atoms with van der Waals surface area (Å²) in [5, 5.41) is 12.5. The second-order valence-electron chi connectivity index (χ2n) is 6.05. The Hall–Kier alpha value is -1.49. The summed E-state index contributed by atoms with van der Waals surface area (Å²) < 4.78 is 0. The van der Waals surface area contributed by atoms with Crippen LogP contribution < -0.4 is 5.32 Å². The molecule has 5 heteroatoms. The van der Waals surface area contributed by atoms with Crippen LogP contribution in [0.5, 0.6) is 0 Å². The molecular weight excluding hydrogens is 298 g/mol. The Morgan fingerprint density at radius 2 is 1.73 bits per heavy atom. The molecule has 0 unspecified atom stereocenters. The van der Waals surface area contributed by atoms with Crippen molar-refractivity contribution in [3.05, 3.63) is 29.8 Å². The van der Waals surface area contributed by atoms with Crippen molar-refractivity contribution in [1.29, 1.82) is 0 Å². The molecule has 1 amide bonds. The van der Waals surface area contributed by atoms with Crippen LogP contribution >= 0.6 is 11.8 Å². The zero-order chi connectivity index (χ0) is 16.1. The molecule has 1 fully saturated rings. The zero-order valence-electron chi connectivity index (χ0n) is 13.0. The first-order chi connectivity index (χ1) is 10.5. The van der Waals surface area contributed by atoms with Crippen LogP contribution in [0.4, 0.5) is 0 Å². The van der Waals surface area contributed by atoms with E-state index in [1.807, 2.05) is 24.3 Å². The second kappa shape index (κ2) is 7.68. The summed E-state index contributed by atoms with van der Waals surface area (Å²) in [5.41, 5.74) is 0.661. The molecule has 22 heavy (non-hydrogen) atoms. The molecule has 4 nitrogen and oxygen atoms in total. The van der Waals surface area contributed by atoms with Gasteiger partial charge < -0.3 is 10.4 Å². The van der Waals surface area contributed by atoms with Gasteiger partial charge in [-0.3, -0.25) is 9.59 Å². The highest BCUT2D eigenvalue weighted by Crippen LogP contribution is 2.25. The number of hydrogen-bond donors (Lipinski definition) is 2. The Balaban J connectivity index is 1.86. The lowest BCUT2D eigenvalue weighted by molar-refractivity contribution is -0.142. The quantitative estimate of drug-likeness (QED) is 0.814. The first kappa shape index (κ1) is 16.9. The molecule has 2 N–H and O–H groups in total. The Labute approximate surface area is 135 Å². The molecule has 0 heterocycles. The van der Waals surface area contributed by atoms with E-state index in [-0.39, 0.29) is 17.9 Å². The van der Waals surface area contributed by atoms with Crippen LogP contribution in [0.1, 0.15) is 49.9 Å². The smallest absolute Gasteiger partial charge is 0.306 e. The molecule has 0 spiro atoms. The van der Waals surface area contributed by atoms with E-state index in [9.17, 15) is 9.59 Å². The van der Waals surface area contributed by atoms with Gasteiger partial charge in [0.25, 0.3) is 5.91 Å². The minimum absolute atomic E-state index is 0.0696. The third-order valence-electron chi connectivity index (χ3n) is 3.90. The van der Waals surface area contributed by atoms with E-state index in [4.69, 9.17) is 5.11 Å². The number of amides is 1. The van der Waals surface area contributed by atoms with E-state index in [0.29, 0.717) is 23.7 Å². The van der Waals surface area contributed by atoms with Crippen molar-refractivity contribution < 1.29 is 14.7 Å². The van der Waals surface area contributed by atoms with Gasteiger partial charge in [0.15, 0.2) is 0 Å². The fourth-order valence-corrected chi connectivity index (χ4v) is 3.55. The summed E-state index contributed by atoms with van der Waals surface area (Å²) in [6.45, 7) is 4.28. The minimum Gasteiger partial charge on any atom is -0.481 e. The van der Waals surface area contributed by atoms with Gasteiger partial charge >= 0.3 is 5.97 Å². The Morgan fingerprint density at radius 3 is 2.23 bits per heavy atom. The topological polar surface area (TPSA) is 66.4 Å². The van der Waals surface area contributed by atoms with Gasteiger partial charge in [0, 0.05) is 21.8 Å². The van der Waals surface area contributed by atoms with Gasteiger partial charge in [-0.15, -0.1) is 11.8 Å². The molecule has 1 aromatic rings. The molecular formula is C17H23NO3S. The molecule has 120 valence electrons. The lowest BCUT2D eigenvalue weighted by atomic mass is 9.86. The predicted molar refractivity (Wildman–Crippen MR) is 88.3 cm³/mol. The molecule has 0 bridgehead atoms. The predicted octanol–water partition coefficient (Wildman–Crippen LogP) is 3.56. The van der Waals surface area contributed by atoms with Crippen LogP contribution in [0, 0.1) is 5.92 Å². The van der Waals surface area contributed by atoms with Crippen LogP contribution in [0.2, 0.25) is 0 Å². The number of hydrogen-bond acceptors (Lipinski definition) is 3. The fourth-order valence-electron chi connectivity index (χ4n) is 2.71. The number of rotatable bonds is 5. The first-order valence-electron chi connectivity index (χ1n) is 7.76. The molecule has 1 aliphatic carbocycles. The number of nitrogens with one attached hydrogen (secondary N) is 1. The first-order valence-corrected chi connectivity index (χ1v) is 8.64. The molecule has 0 radical (unpaired) electrons. The maximum absolute atomic E-state index is 12.2. The van der Waals surface area contributed by atoms with Crippen molar-refractivity contribution in [2.24, 2.45) is 5.92 Å². The van der Waals surface area contributed by atoms with Gasteiger partial charge in [-0.25, -0.2) is 0 Å². The molecule has 1 aliphatic rings. The second-order valence-corrected chi connectivity index (χ2v) is 7.70. The van der Waals surface area contributed by atoms with Gasteiger partial charge in [-0.05, 0) is 49.9 Å². The Morgan fingerprint density at radius 1 is 1.14 bits per heavy atom. The monoisotopic (exact) mass is 321 g/mol. The summed E-state index contributed by atoms with van der Waals surface area (Å²) in [5.74, 6) is -1.04. The van der Waals surface area contributed by atoms with Crippen molar-refractivity contribution >= 4 is 23.6 Å². The number of benzene rings is 1. The van der Waals surface area contributed by atoms with E-state index in [1.165, 1.54) is 0 Å². The van der Waals surface area contributed by atoms with Gasteiger partial charge in [-0.2, -0.15) is 0 Å². The number of carboxylic acids is 1. The van der Waals surface area contributed by atoms with Crippen LogP contribution in [0.15, 0.2) is 29.2 Å². The Bertz CT molecular complexity index is 519. The molecule has 1 aromatic carbocycles. The summed E-state index contributed by atoms with van der Waals surface area (Å²) in [6, 6.07) is 7.74. The normalized spacial score (nSPS) is 21.6. The van der Waals surface area contributed by atoms with Crippen molar-refractivity contribution in [1.82, 2.24) is 5.32 Å². The highest BCUT2D eigenvalue weighted by molar-refractivity contribution is 7.99. The van der Waals surface area contributed by atoms with Gasteiger partial charge in [0.2, 0.25) is 0 Å². The van der Waals surface area contributed by atoms with E-state index in [2.05, 4.69) is 19.2 Å². The number of carboxylic acid groups (broad SMARTS) is 1. The third-order valence-corrected chi connectivity index (χ3v) is 4.92. The molecule has 0 aromatic heterocycles. The molecule has 1 saturated carbocycles. The van der Waals surface area contributed by atoms with Crippen molar-refractivity contribution in [3.63, 3.8) is 0 Å². The van der Waals surface area contributed by atoms with Crippen molar-refractivity contribution in [3.8, 4) is 0 Å². The van der Waals surface area contributed by atoms with E-state index in [1.54, 1.807) is 11.8 Å². The van der Waals surface area contributed by atoms with Crippen molar-refractivity contribution in [2.75, 3.05) is 0 Å². The molecule has 0 atom stereocenters. The maximum Gasteiger partial charge on any atom is 0.306 e. The van der Waals surface area contributed by atoms with E-state index < -0.39 is 5.97 Å². The summed E-state index contributed by atoms with van der Waals surface area (Å²) in [4.78, 5) is 24.3. The third kappa shape index (κ3) is 4.77. The summed E-state index contributed by atoms with van der Waals surface area (Å²) >= 11 is 1.77. The molecule has 2 rings (SSSR count). The van der Waals surface area contributed by atoms with Crippen LogP contribution in [-0.4, -0.2) is 28.3 Å². The van der Waals surface area contributed by atoms with Gasteiger partial charge in [-0.1, -0.05) is 13.8 Å². The highest BCUT2D eigenvalue weighted by atomic mass is 32.2. The fraction of sp³-hybridized carbons (Fsp3) is 0.529. The average molecular weight is 321 g/mol. The standard InChI is InChI=1S/C17H23NO3S/c1-11(2)22-15-9-5-12(6-10-15)16(19)18-14-7-3-13(4-8-14)17(20)21/h5-6,9-11,13-14H,3-4,7-8H2,1-2H3,(H,18,19)(H,20,21). The van der Waals surface area contributed by atoms with Crippen LogP contribution in [0.25, 0.3) is 0 Å². The SMILES string of the molecule is CC(C)Sc1ccc(C(=O)NC2CCC(C(=O)O)CC2)cc1. The van der Waals surface area contributed by atoms with Crippen LogP contribution in [-0.2, 0) is 4.79 Å². The zero-order valence-corrected chi connectivity index (χ0v) is 13.9. The number of thioether (sulfide) groups is 1. The lowest BCUT2D eigenvalue weighted by Gasteiger charge is -2.26. The van der Waals surface area contributed by atoms with E-state index in [0.717, 1.165) is 17.7 Å². The average Bonchev–Trinajstić information content (AvgIpc) is 2.48. The number of carbonyl (C=O) groups excluding carboxylic acids is 1. The highest BCUT2D eigenvalue weighted by Gasteiger charge is 2.26. The molecule has 0 aliphatic heterocycles. The number of carbonyl (C=O) groups is 2. The van der Waals surface area contributed by atoms with E-state index >= 15 is 0 Å². The maximum atomic E-state index is 12.2. The number of aliphatic carboxylic acids is 1. The Kier molecular flexibility index (Phi) is 5.89. The van der Waals surface area contributed by atoms with Crippen LogP contribution in [0.3, 0.4) is 0 Å². The minimum atomic E-state index is -0.719. The van der Waals surface area contributed by atoms with Gasteiger partial charge in [0.1, 0.15) is 0 Å². The lowest BCUT2D eigenvalue weighted by Crippen LogP contribution is -2.38. The van der Waals surface area contributed by atoms with Crippen molar-refractivity contribution in [2.45, 2.75) is 55.7 Å². The largest absolute Gasteiger partial charge is 0.481 e. The summed E-state index contributed by atoms with van der Waals surface area (Å²) in [7, 11) is 0.